The third-order valence-electron chi connectivity index (χ3n) is 2.89. The molecule has 0 bridgehead atoms. The van der Waals surface area contributed by atoms with E-state index in [1.165, 1.54) is 0 Å². The van der Waals surface area contributed by atoms with Gasteiger partial charge < -0.3 is 20.1 Å². The number of nitrogens with two attached hydrogens (primary N) is 1. The topological polar surface area (TPSA) is 47.7 Å². The largest absolute Gasteiger partial charge is 0.389 e. The summed E-state index contributed by atoms with van der Waals surface area (Å²) in [6.07, 6.45) is 0. The Balaban J connectivity index is 3.02. The van der Waals surface area contributed by atoms with Crippen LogP contribution in [0.2, 0.25) is 0 Å². The fourth-order valence-corrected chi connectivity index (χ4v) is 2.04. The van der Waals surface area contributed by atoms with Gasteiger partial charge in [0.2, 0.25) is 0 Å². The van der Waals surface area contributed by atoms with E-state index in [9.17, 15) is 0 Å². The van der Waals surface area contributed by atoms with Crippen molar-refractivity contribution in [2.24, 2.45) is 5.73 Å². The third-order valence-corrected chi connectivity index (χ3v) is 3.11. The normalized spacial score (nSPS) is 10.5. The smallest absolute Gasteiger partial charge is 0.106 e. The fraction of sp³-hybridized carbons (Fsp3) is 0.500. The van der Waals surface area contributed by atoms with Crippen molar-refractivity contribution in [2.45, 2.75) is 6.92 Å². The van der Waals surface area contributed by atoms with Crippen LogP contribution in [-0.4, -0.2) is 45.5 Å². The Morgan fingerprint density at radius 2 is 1.79 bits per heavy atom. The van der Waals surface area contributed by atoms with Crippen LogP contribution in [0.3, 0.4) is 0 Å². The van der Waals surface area contributed by atoms with Crippen molar-refractivity contribution in [3.05, 3.63) is 29.3 Å². The lowest BCUT2D eigenvalue weighted by molar-refractivity contribution is 0.190. The van der Waals surface area contributed by atoms with Crippen LogP contribution in [0.25, 0.3) is 0 Å². The molecule has 2 N–H and O–H groups in total. The summed E-state index contributed by atoms with van der Waals surface area (Å²) in [6.45, 7) is 4.87. The van der Waals surface area contributed by atoms with Gasteiger partial charge in [-0.05, 0) is 19.1 Å². The molecule has 5 heteroatoms. The molecule has 0 unspecified atom stereocenters. The van der Waals surface area contributed by atoms with Crippen LogP contribution in [-0.2, 0) is 9.47 Å². The Hall–Kier alpha value is -1.17. The molecule has 0 aliphatic rings. The van der Waals surface area contributed by atoms with E-state index in [-0.39, 0.29) is 0 Å². The van der Waals surface area contributed by atoms with Gasteiger partial charge in [0, 0.05) is 38.6 Å². The van der Waals surface area contributed by atoms with Crippen LogP contribution in [0.5, 0.6) is 0 Å². The maximum absolute atomic E-state index is 5.82. The number of thiocarbonyl (C=S) groups is 1. The highest BCUT2D eigenvalue weighted by Crippen LogP contribution is 2.22. The summed E-state index contributed by atoms with van der Waals surface area (Å²) in [5.74, 6) is 0. The lowest BCUT2D eigenvalue weighted by Crippen LogP contribution is -2.32. The first kappa shape index (κ1) is 15.9. The van der Waals surface area contributed by atoms with E-state index < -0.39 is 0 Å². The number of aryl methyl sites for hydroxylation is 1. The number of hydrogen-bond acceptors (Lipinski definition) is 4. The van der Waals surface area contributed by atoms with Crippen molar-refractivity contribution in [3.8, 4) is 0 Å². The quantitative estimate of drug-likeness (QED) is 0.736. The molecule has 0 fully saturated rings. The van der Waals surface area contributed by atoms with Crippen molar-refractivity contribution in [2.75, 3.05) is 45.4 Å². The van der Waals surface area contributed by atoms with Crippen LogP contribution >= 0.6 is 12.2 Å². The number of ether oxygens (including phenoxy) is 2. The maximum atomic E-state index is 5.82. The van der Waals surface area contributed by atoms with E-state index in [1.807, 2.05) is 13.0 Å². The van der Waals surface area contributed by atoms with Crippen molar-refractivity contribution < 1.29 is 9.47 Å². The molecule has 106 valence electrons. The Morgan fingerprint density at radius 3 is 2.26 bits per heavy atom. The van der Waals surface area contributed by atoms with Crippen molar-refractivity contribution in [3.63, 3.8) is 0 Å². The van der Waals surface area contributed by atoms with Gasteiger partial charge in [0.1, 0.15) is 4.99 Å². The Kier molecular flexibility index (Phi) is 6.77. The van der Waals surface area contributed by atoms with Gasteiger partial charge in [-0.3, -0.25) is 0 Å². The fourth-order valence-electron chi connectivity index (χ4n) is 1.88. The zero-order chi connectivity index (χ0) is 14.3. The monoisotopic (exact) mass is 282 g/mol. The molecular weight excluding hydrogens is 260 g/mol. The molecule has 0 saturated carbocycles. The first-order chi connectivity index (χ1) is 9.10. The molecule has 0 saturated heterocycles. The van der Waals surface area contributed by atoms with Crippen molar-refractivity contribution in [1.82, 2.24) is 0 Å². The van der Waals surface area contributed by atoms with Gasteiger partial charge in [0.15, 0.2) is 0 Å². The average molecular weight is 282 g/mol. The van der Waals surface area contributed by atoms with E-state index in [0.29, 0.717) is 18.2 Å². The predicted molar refractivity (Wildman–Crippen MR) is 83.0 cm³/mol. The number of rotatable bonds is 8. The maximum Gasteiger partial charge on any atom is 0.106 e. The highest BCUT2D eigenvalue weighted by Gasteiger charge is 2.13. The molecular formula is C14H22N2O2S. The molecule has 0 amide bonds. The highest BCUT2D eigenvalue weighted by atomic mass is 32.1. The number of benzene rings is 1. The summed E-state index contributed by atoms with van der Waals surface area (Å²) in [7, 11) is 3.39. The summed E-state index contributed by atoms with van der Waals surface area (Å²) >= 11 is 5.14. The standard InChI is InChI=1S/C14H22N2O2S/c1-11-4-5-13(12(10-11)14(15)19)16(6-8-17-2)7-9-18-3/h4-5,10H,6-9H2,1-3H3,(H2,15,19). The van der Waals surface area contributed by atoms with Crippen LogP contribution in [0.4, 0.5) is 5.69 Å². The minimum absolute atomic E-state index is 0.415. The van der Waals surface area contributed by atoms with E-state index in [0.717, 1.165) is 29.9 Å². The number of hydrogen-bond donors (Lipinski definition) is 1. The summed E-state index contributed by atoms with van der Waals surface area (Å²) < 4.78 is 10.3. The lowest BCUT2D eigenvalue weighted by Gasteiger charge is -2.26. The third kappa shape index (κ3) is 4.78. The van der Waals surface area contributed by atoms with Gasteiger partial charge in [-0.2, -0.15) is 0 Å². The molecule has 19 heavy (non-hydrogen) atoms. The average Bonchev–Trinajstić information content (AvgIpc) is 2.39. The minimum atomic E-state index is 0.415. The zero-order valence-corrected chi connectivity index (χ0v) is 12.6. The summed E-state index contributed by atoms with van der Waals surface area (Å²) in [5.41, 5.74) is 8.90. The molecule has 0 aromatic heterocycles. The van der Waals surface area contributed by atoms with Gasteiger partial charge in [-0.15, -0.1) is 0 Å². The second kappa shape index (κ2) is 8.09. The highest BCUT2D eigenvalue weighted by molar-refractivity contribution is 7.80. The Morgan fingerprint density at radius 1 is 1.21 bits per heavy atom. The molecule has 4 nitrogen and oxygen atoms in total. The van der Waals surface area contributed by atoms with E-state index in [2.05, 4.69) is 17.0 Å². The second-order valence-electron chi connectivity index (χ2n) is 4.36. The van der Waals surface area contributed by atoms with E-state index >= 15 is 0 Å². The molecule has 1 aromatic carbocycles. The molecule has 0 heterocycles. The van der Waals surface area contributed by atoms with Gasteiger partial charge in [0.05, 0.1) is 13.2 Å². The van der Waals surface area contributed by atoms with E-state index in [4.69, 9.17) is 27.4 Å². The second-order valence-corrected chi connectivity index (χ2v) is 4.80. The van der Waals surface area contributed by atoms with Gasteiger partial charge in [0.25, 0.3) is 0 Å². The first-order valence-corrected chi connectivity index (χ1v) is 6.64. The number of anilines is 1. The van der Waals surface area contributed by atoms with Gasteiger partial charge >= 0.3 is 0 Å². The van der Waals surface area contributed by atoms with E-state index in [1.54, 1.807) is 14.2 Å². The number of methoxy groups -OCH3 is 2. The molecule has 0 spiro atoms. The molecule has 0 radical (unpaired) electrons. The van der Waals surface area contributed by atoms with Crippen LogP contribution in [0.15, 0.2) is 18.2 Å². The molecule has 1 aromatic rings. The Bertz CT molecular complexity index is 416. The minimum Gasteiger partial charge on any atom is -0.389 e. The predicted octanol–water partition coefficient (Wildman–Crippen LogP) is 1.73. The van der Waals surface area contributed by atoms with Crippen LogP contribution in [0, 0.1) is 6.92 Å². The molecule has 0 aliphatic carbocycles. The summed E-state index contributed by atoms with van der Waals surface area (Å²) in [5, 5.41) is 0. The summed E-state index contributed by atoms with van der Waals surface area (Å²) in [6, 6.07) is 6.13. The molecule has 0 aliphatic heterocycles. The molecule has 1 rings (SSSR count). The summed E-state index contributed by atoms with van der Waals surface area (Å²) in [4.78, 5) is 2.60. The van der Waals surface area contributed by atoms with Crippen molar-refractivity contribution in [1.29, 1.82) is 0 Å². The van der Waals surface area contributed by atoms with Crippen molar-refractivity contribution >= 4 is 22.9 Å². The SMILES string of the molecule is COCCN(CCOC)c1ccc(C)cc1C(N)=S. The van der Waals surface area contributed by atoms with Crippen LogP contribution in [0.1, 0.15) is 11.1 Å². The number of nitrogens with zero attached hydrogens (tertiary/aromatic N) is 1. The first-order valence-electron chi connectivity index (χ1n) is 6.23. The van der Waals surface area contributed by atoms with Gasteiger partial charge in [-0.1, -0.05) is 23.8 Å². The lowest BCUT2D eigenvalue weighted by atomic mass is 10.1. The molecule has 0 atom stereocenters. The zero-order valence-electron chi connectivity index (χ0n) is 11.8. The van der Waals surface area contributed by atoms with Gasteiger partial charge in [-0.25, -0.2) is 0 Å². The Labute approximate surface area is 120 Å². The van der Waals surface area contributed by atoms with Crippen LogP contribution < -0.4 is 10.6 Å².